The Bertz CT molecular complexity index is 679. The SMILES string of the molecule is Nc1ncnc2c1ncn2CCCN1C(=O)CCCC1=O. The van der Waals surface area contributed by atoms with Gasteiger partial charge >= 0.3 is 0 Å². The molecule has 1 aliphatic heterocycles. The number of fused-ring (bicyclic) bond motifs is 1. The number of carbonyl (C=O) groups is 2. The molecule has 0 unspecified atom stereocenters. The Kier molecular flexibility index (Phi) is 3.51. The molecule has 2 amide bonds. The quantitative estimate of drug-likeness (QED) is 0.813. The molecule has 1 saturated heterocycles. The Morgan fingerprint density at radius 2 is 1.86 bits per heavy atom. The maximum atomic E-state index is 11.7. The minimum Gasteiger partial charge on any atom is -0.382 e. The van der Waals surface area contributed by atoms with E-state index in [1.165, 1.54) is 11.2 Å². The number of rotatable bonds is 4. The molecular formula is C13H16N6O2. The number of anilines is 1. The number of amides is 2. The zero-order chi connectivity index (χ0) is 14.8. The number of imide groups is 1. The smallest absolute Gasteiger partial charge is 0.229 e. The molecule has 110 valence electrons. The summed E-state index contributed by atoms with van der Waals surface area (Å²) in [6.07, 6.45) is 5.29. The molecule has 0 aromatic carbocycles. The number of nitrogen functional groups attached to an aromatic ring is 1. The standard InChI is InChI=1S/C13H16N6O2/c14-12-11-13(16-7-15-12)18(8-17-11)5-2-6-19-9(20)3-1-4-10(19)21/h7-8H,1-6H2,(H2,14,15,16). The molecule has 0 aliphatic carbocycles. The first-order valence-electron chi connectivity index (χ1n) is 6.91. The van der Waals surface area contributed by atoms with Crippen LogP contribution in [0.4, 0.5) is 5.82 Å². The number of hydrogen-bond donors (Lipinski definition) is 1. The highest BCUT2D eigenvalue weighted by atomic mass is 16.2. The normalized spacial score (nSPS) is 15.9. The zero-order valence-electron chi connectivity index (χ0n) is 11.5. The molecule has 8 heteroatoms. The van der Waals surface area contributed by atoms with E-state index in [9.17, 15) is 9.59 Å². The summed E-state index contributed by atoms with van der Waals surface area (Å²) < 4.78 is 1.85. The topological polar surface area (TPSA) is 107 Å². The lowest BCUT2D eigenvalue weighted by Gasteiger charge is -2.24. The Morgan fingerprint density at radius 1 is 1.10 bits per heavy atom. The van der Waals surface area contributed by atoms with E-state index in [-0.39, 0.29) is 11.8 Å². The summed E-state index contributed by atoms with van der Waals surface area (Å²) in [7, 11) is 0. The fourth-order valence-corrected chi connectivity index (χ4v) is 2.51. The third kappa shape index (κ3) is 2.56. The van der Waals surface area contributed by atoms with Crippen LogP contribution in [0.3, 0.4) is 0 Å². The minimum absolute atomic E-state index is 0.0756. The van der Waals surface area contributed by atoms with Crippen molar-refractivity contribution in [3.63, 3.8) is 0 Å². The second-order valence-corrected chi connectivity index (χ2v) is 5.02. The molecule has 3 rings (SSSR count). The summed E-state index contributed by atoms with van der Waals surface area (Å²) in [6.45, 7) is 1.04. The van der Waals surface area contributed by atoms with Crippen LogP contribution in [-0.4, -0.2) is 42.8 Å². The molecule has 8 nitrogen and oxygen atoms in total. The average Bonchev–Trinajstić information content (AvgIpc) is 2.87. The molecule has 21 heavy (non-hydrogen) atoms. The van der Waals surface area contributed by atoms with Crippen molar-refractivity contribution in [1.29, 1.82) is 0 Å². The number of carbonyl (C=O) groups excluding carboxylic acids is 2. The van der Waals surface area contributed by atoms with Crippen LogP contribution in [-0.2, 0) is 16.1 Å². The van der Waals surface area contributed by atoms with E-state index in [1.807, 2.05) is 4.57 Å². The third-order valence-corrected chi connectivity index (χ3v) is 3.59. The fourth-order valence-electron chi connectivity index (χ4n) is 2.51. The summed E-state index contributed by atoms with van der Waals surface area (Å²) in [6, 6.07) is 0. The van der Waals surface area contributed by atoms with Crippen LogP contribution in [0.25, 0.3) is 11.2 Å². The molecule has 1 fully saturated rings. The lowest BCUT2D eigenvalue weighted by atomic mass is 10.1. The van der Waals surface area contributed by atoms with Crippen LogP contribution in [0, 0.1) is 0 Å². The second kappa shape index (κ2) is 5.47. The van der Waals surface area contributed by atoms with Crippen molar-refractivity contribution in [3.05, 3.63) is 12.7 Å². The van der Waals surface area contributed by atoms with E-state index in [1.54, 1.807) is 6.33 Å². The molecule has 2 N–H and O–H groups in total. The van der Waals surface area contributed by atoms with E-state index in [4.69, 9.17) is 5.73 Å². The number of piperidine rings is 1. The number of likely N-dealkylation sites (tertiary alicyclic amines) is 1. The van der Waals surface area contributed by atoms with Gasteiger partial charge in [0.05, 0.1) is 6.33 Å². The Labute approximate surface area is 121 Å². The average molecular weight is 288 g/mol. The van der Waals surface area contributed by atoms with Gasteiger partial charge in [-0.15, -0.1) is 0 Å². The second-order valence-electron chi connectivity index (χ2n) is 5.02. The third-order valence-electron chi connectivity index (χ3n) is 3.59. The molecule has 2 aromatic heterocycles. The van der Waals surface area contributed by atoms with Crippen LogP contribution in [0.2, 0.25) is 0 Å². The van der Waals surface area contributed by atoms with Gasteiger partial charge in [0.25, 0.3) is 0 Å². The van der Waals surface area contributed by atoms with Crippen molar-refractivity contribution in [2.45, 2.75) is 32.2 Å². The van der Waals surface area contributed by atoms with Crippen molar-refractivity contribution >= 4 is 28.8 Å². The predicted molar refractivity (Wildman–Crippen MR) is 74.9 cm³/mol. The van der Waals surface area contributed by atoms with Crippen molar-refractivity contribution in [3.8, 4) is 0 Å². The highest BCUT2D eigenvalue weighted by Crippen LogP contribution is 2.16. The van der Waals surface area contributed by atoms with Gasteiger partial charge in [0, 0.05) is 25.9 Å². The van der Waals surface area contributed by atoms with E-state index in [0.29, 0.717) is 55.8 Å². The Hall–Kier alpha value is -2.51. The molecule has 2 aromatic rings. The maximum Gasteiger partial charge on any atom is 0.229 e. The van der Waals surface area contributed by atoms with E-state index in [0.717, 1.165) is 0 Å². The molecule has 0 radical (unpaired) electrons. The van der Waals surface area contributed by atoms with E-state index >= 15 is 0 Å². The fraction of sp³-hybridized carbons (Fsp3) is 0.462. The molecule has 0 atom stereocenters. The van der Waals surface area contributed by atoms with Gasteiger partial charge in [0.1, 0.15) is 11.8 Å². The summed E-state index contributed by atoms with van der Waals surface area (Å²) in [4.78, 5) is 37.0. The first kappa shape index (κ1) is 13.5. The number of imidazole rings is 1. The Morgan fingerprint density at radius 3 is 2.62 bits per heavy atom. The first-order valence-corrected chi connectivity index (χ1v) is 6.91. The Balaban J connectivity index is 1.66. The molecule has 3 heterocycles. The number of aryl methyl sites for hydroxylation is 1. The largest absolute Gasteiger partial charge is 0.382 e. The molecule has 0 saturated carbocycles. The van der Waals surface area contributed by atoms with Crippen LogP contribution >= 0.6 is 0 Å². The lowest BCUT2D eigenvalue weighted by Crippen LogP contribution is -2.40. The van der Waals surface area contributed by atoms with E-state index < -0.39 is 0 Å². The van der Waals surface area contributed by atoms with Gasteiger partial charge in [-0.2, -0.15) is 0 Å². The van der Waals surface area contributed by atoms with Crippen LogP contribution in [0.15, 0.2) is 12.7 Å². The molecule has 1 aliphatic rings. The monoisotopic (exact) mass is 288 g/mol. The van der Waals surface area contributed by atoms with Crippen molar-refractivity contribution in [2.24, 2.45) is 0 Å². The van der Waals surface area contributed by atoms with Gasteiger partial charge in [-0.3, -0.25) is 14.5 Å². The molecule has 0 spiro atoms. The summed E-state index contributed by atoms with van der Waals surface area (Å²) >= 11 is 0. The summed E-state index contributed by atoms with van der Waals surface area (Å²) in [5.74, 6) is 0.196. The van der Waals surface area contributed by atoms with Crippen LogP contribution in [0.1, 0.15) is 25.7 Å². The number of nitrogens with zero attached hydrogens (tertiary/aromatic N) is 5. The van der Waals surface area contributed by atoms with Crippen LogP contribution in [0.5, 0.6) is 0 Å². The van der Waals surface area contributed by atoms with Gasteiger partial charge in [-0.25, -0.2) is 15.0 Å². The van der Waals surface area contributed by atoms with Gasteiger partial charge in [0.2, 0.25) is 11.8 Å². The number of nitrogens with two attached hydrogens (primary N) is 1. The van der Waals surface area contributed by atoms with Gasteiger partial charge in [-0.1, -0.05) is 0 Å². The first-order chi connectivity index (χ1) is 10.2. The van der Waals surface area contributed by atoms with Gasteiger partial charge < -0.3 is 10.3 Å². The van der Waals surface area contributed by atoms with Crippen molar-refractivity contribution < 1.29 is 9.59 Å². The van der Waals surface area contributed by atoms with Crippen molar-refractivity contribution in [2.75, 3.05) is 12.3 Å². The van der Waals surface area contributed by atoms with E-state index in [2.05, 4.69) is 15.0 Å². The summed E-state index contributed by atoms with van der Waals surface area (Å²) in [5, 5.41) is 0. The van der Waals surface area contributed by atoms with Gasteiger partial charge in [-0.05, 0) is 12.8 Å². The lowest BCUT2D eigenvalue weighted by molar-refractivity contribution is -0.148. The van der Waals surface area contributed by atoms with Gasteiger partial charge in [0.15, 0.2) is 11.5 Å². The molecular weight excluding hydrogens is 272 g/mol. The molecule has 0 bridgehead atoms. The minimum atomic E-state index is -0.0756. The summed E-state index contributed by atoms with van der Waals surface area (Å²) in [5.41, 5.74) is 6.96. The van der Waals surface area contributed by atoms with Crippen molar-refractivity contribution in [1.82, 2.24) is 24.4 Å². The zero-order valence-corrected chi connectivity index (χ0v) is 11.5. The highest BCUT2D eigenvalue weighted by molar-refractivity contribution is 5.97. The highest BCUT2D eigenvalue weighted by Gasteiger charge is 2.25. The number of hydrogen-bond acceptors (Lipinski definition) is 6. The number of aromatic nitrogens is 4. The maximum absolute atomic E-state index is 11.7. The predicted octanol–water partition coefficient (Wildman–Crippen LogP) is 0.338. The van der Waals surface area contributed by atoms with Crippen LogP contribution < -0.4 is 5.73 Å².